The van der Waals surface area contributed by atoms with Crippen molar-refractivity contribution in [1.29, 1.82) is 0 Å². The lowest BCUT2D eigenvalue weighted by Crippen LogP contribution is -2.11. The molecule has 0 radical (unpaired) electrons. The SMILES string of the molecule is COc1cc(C(=O)Nc2ccccc2S)on1. The van der Waals surface area contributed by atoms with Crippen LogP contribution in [0, 0.1) is 0 Å². The van der Waals surface area contributed by atoms with E-state index in [4.69, 9.17) is 9.26 Å². The fourth-order valence-corrected chi connectivity index (χ4v) is 1.44. The Hall–Kier alpha value is -1.95. The van der Waals surface area contributed by atoms with Crippen molar-refractivity contribution in [2.75, 3.05) is 12.4 Å². The first-order valence-electron chi connectivity index (χ1n) is 4.81. The third-order valence-corrected chi connectivity index (χ3v) is 2.46. The summed E-state index contributed by atoms with van der Waals surface area (Å²) in [6.07, 6.45) is 0. The predicted octanol–water partition coefficient (Wildman–Crippen LogP) is 2.22. The van der Waals surface area contributed by atoms with Crippen molar-refractivity contribution in [3.8, 4) is 5.88 Å². The number of carbonyl (C=O) groups is 1. The Morgan fingerprint density at radius 1 is 1.47 bits per heavy atom. The maximum Gasteiger partial charge on any atom is 0.294 e. The number of rotatable bonds is 3. The third-order valence-electron chi connectivity index (χ3n) is 2.07. The van der Waals surface area contributed by atoms with Gasteiger partial charge < -0.3 is 14.6 Å². The van der Waals surface area contributed by atoms with Crippen LogP contribution in [0.1, 0.15) is 10.6 Å². The monoisotopic (exact) mass is 250 g/mol. The van der Waals surface area contributed by atoms with E-state index in [-0.39, 0.29) is 11.6 Å². The van der Waals surface area contributed by atoms with E-state index in [1.165, 1.54) is 13.2 Å². The van der Waals surface area contributed by atoms with E-state index in [1.807, 2.05) is 6.07 Å². The first-order valence-corrected chi connectivity index (χ1v) is 5.25. The van der Waals surface area contributed by atoms with Gasteiger partial charge in [0.25, 0.3) is 11.8 Å². The van der Waals surface area contributed by atoms with Crippen molar-refractivity contribution in [3.63, 3.8) is 0 Å². The van der Waals surface area contributed by atoms with Crippen molar-refractivity contribution < 1.29 is 14.1 Å². The molecule has 1 amide bonds. The molecule has 0 aliphatic rings. The van der Waals surface area contributed by atoms with Gasteiger partial charge in [-0.15, -0.1) is 12.6 Å². The second-order valence-electron chi connectivity index (χ2n) is 3.20. The van der Waals surface area contributed by atoms with Gasteiger partial charge in [0.15, 0.2) is 0 Å². The van der Waals surface area contributed by atoms with E-state index in [0.29, 0.717) is 10.6 Å². The van der Waals surface area contributed by atoms with Crippen LogP contribution in [-0.4, -0.2) is 18.2 Å². The zero-order valence-electron chi connectivity index (χ0n) is 9.01. The van der Waals surface area contributed by atoms with Crippen molar-refractivity contribution in [2.24, 2.45) is 0 Å². The van der Waals surface area contributed by atoms with Crippen LogP contribution in [0.5, 0.6) is 5.88 Å². The highest BCUT2D eigenvalue weighted by Gasteiger charge is 2.14. The van der Waals surface area contributed by atoms with Gasteiger partial charge in [0.1, 0.15) is 0 Å². The molecule has 0 spiro atoms. The van der Waals surface area contributed by atoms with Crippen LogP contribution in [0.3, 0.4) is 0 Å². The summed E-state index contributed by atoms with van der Waals surface area (Å²) in [6, 6.07) is 8.57. The van der Waals surface area contributed by atoms with Gasteiger partial charge in [-0.25, -0.2) is 0 Å². The smallest absolute Gasteiger partial charge is 0.294 e. The maximum absolute atomic E-state index is 11.8. The van der Waals surface area contributed by atoms with Crippen LogP contribution in [0.4, 0.5) is 5.69 Å². The van der Waals surface area contributed by atoms with E-state index in [9.17, 15) is 4.79 Å². The molecular formula is C11H10N2O3S. The number of carbonyl (C=O) groups excluding carboxylic acids is 1. The van der Waals surface area contributed by atoms with Crippen LogP contribution in [0.2, 0.25) is 0 Å². The van der Waals surface area contributed by atoms with E-state index >= 15 is 0 Å². The molecule has 1 N–H and O–H groups in total. The van der Waals surface area contributed by atoms with Crippen molar-refractivity contribution >= 4 is 24.2 Å². The van der Waals surface area contributed by atoms with Crippen LogP contribution in [0.25, 0.3) is 0 Å². The average Bonchev–Trinajstić information content (AvgIpc) is 2.81. The molecule has 88 valence electrons. The van der Waals surface area contributed by atoms with Crippen LogP contribution in [-0.2, 0) is 0 Å². The molecule has 1 heterocycles. The molecule has 1 aromatic carbocycles. The second-order valence-corrected chi connectivity index (χ2v) is 3.69. The Bertz CT molecular complexity index is 539. The summed E-state index contributed by atoms with van der Waals surface area (Å²) in [5.74, 6) is -0.0601. The first kappa shape index (κ1) is 11.5. The maximum atomic E-state index is 11.8. The quantitative estimate of drug-likeness (QED) is 0.820. The van der Waals surface area contributed by atoms with Crippen molar-refractivity contribution in [2.45, 2.75) is 4.90 Å². The molecule has 5 nitrogen and oxygen atoms in total. The Kier molecular flexibility index (Phi) is 3.34. The van der Waals surface area contributed by atoms with E-state index < -0.39 is 5.91 Å². The number of amides is 1. The van der Waals surface area contributed by atoms with Gasteiger partial charge >= 0.3 is 0 Å². The molecule has 6 heteroatoms. The number of nitrogens with zero attached hydrogens (tertiary/aromatic N) is 1. The molecular weight excluding hydrogens is 240 g/mol. The summed E-state index contributed by atoms with van der Waals surface area (Å²) >= 11 is 4.22. The van der Waals surface area contributed by atoms with Crippen molar-refractivity contribution in [3.05, 3.63) is 36.1 Å². The highest BCUT2D eigenvalue weighted by Crippen LogP contribution is 2.20. The lowest BCUT2D eigenvalue weighted by Gasteiger charge is -2.04. The van der Waals surface area contributed by atoms with Gasteiger partial charge in [-0.2, -0.15) is 0 Å². The molecule has 0 aliphatic carbocycles. The van der Waals surface area contributed by atoms with Crippen LogP contribution >= 0.6 is 12.6 Å². The molecule has 17 heavy (non-hydrogen) atoms. The Morgan fingerprint density at radius 3 is 2.88 bits per heavy atom. The summed E-state index contributed by atoms with van der Waals surface area (Å²) in [5.41, 5.74) is 0.608. The second kappa shape index (κ2) is 4.92. The molecule has 2 aromatic rings. The van der Waals surface area contributed by atoms with E-state index in [0.717, 1.165) is 0 Å². The Morgan fingerprint density at radius 2 is 2.24 bits per heavy atom. The molecule has 0 saturated carbocycles. The zero-order valence-corrected chi connectivity index (χ0v) is 9.90. The van der Waals surface area contributed by atoms with Gasteiger partial charge in [-0.05, 0) is 17.3 Å². The Balaban J connectivity index is 2.14. The number of anilines is 1. The van der Waals surface area contributed by atoms with Crippen LogP contribution < -0.4 is 10.1 Å². The molecule has 0 aliphatic heterocycles. The summed E-state index contributed by atoms with van der Waals surface area (Å²) < 4.78 is 9.64. The minimum absolute atomic E-state index is 0.0819. The number of hydrogen-bond donors (Lipinski definition) is 2. The standard InChI is InChI=1S/C11H10N2O3S/c1-15-10-6-8(16-13-10)11(14)12-7-4-2-3-5-9(7)17/h2-6,17H,1H3,(H,12,14). The molecule has 0 unspecified atom stereocenters. The largest absolute Gasteiger partial charge is 0.479 e. The normalized spacial score (nSPS) is 10.0. The molecule has 0 saturated heterocycles. The van der Waals surface area contributed by atoms with Gasteiger partial charge in [0.2, 0.25) is 5.76 Å². The minimum atomic E-state index is -0.401. The number of para-hydroxylation sites is 1. The fourth-order valence-electron chi connectivity index (χ4n) is 1.23. The topological polar surface area (TPSA) is 64.4 Å². The summed E-state index contributed by atoms with van der Waals surface area (Å²) in [4.78, 5) is 12.4. The van der Waals surface area contributed by atoms with E-state index in [1.54, 1.807) is 18.2 Å². The molecule has 0 bridgehead atoms. The predicted molar refractivity (Wildman–Crippen MR) is 64.7 cm³/mol. The highest BCUT2D eigenvalue weighted by molar-refractivity contribution is 7.80. The average molecular weight is 250 g/mol. The highest BCUT2D eigenvalue weighted by atomic mass is 32.1. The van der Waals surface area contributed by atoms with Gasteiger partial charge in [0, 0.05) is 4.90 Å². The molecule has 2 rings (SSSR count). The summed E-state index contributed by atoms with van der Waals surface area (Å²) in [6.45, 7) is 0. The minimum Gasteiger partial charge on any atom is -0.479 e. The number of ether oxygens (including phenoxy) is 1. The number of methoxy groups -OCH3 is 1. The number of nitrogens with one attached hydrogen (secondary N) is 1. The number of thiol groups is 1. The lowest BCUT2D eigenvalue weighted by atomic mass is 10.3. The summed E-state index contributed by atoms with van der Waals surface area (Å²) in [7, 11) is 1.45. The van der Waals surface area contributed by atoms with Gasteiger partial charge in [-0.3, -0.25) is 4.79 Å². The molecule has 0 fully saturated rings. The van der Waals surface area contributed by atoms with Crippen LogP contribution in [0.15, 0.2) is 39.8 Å². The molecule has 0 atom stereocenters. The number of aromatic nitrogens is 1. The Labute approximate surface area is 103 Å². The molecule has 1 aromatic heterocycles. The third kappa shape index (κ3) is 2.59. The van der Waals surface area contributed by atoms with E-state index in [2.05, 4.69) is 23.1 Å². The zero-order chi connectivity index (χ0) is 12.3. The lowest BCUT2D eigenvalue weighted by molar-refractivity contribution is 0.0987. The van der Waals surface area contributed by atoms with Crippen molar-refractivity contribution in [1.82, 2.24) is 5.16 Å². The van der Waals surface area contributed by atoms with Gasteiger partial charge in [-0.1, -0.05) is 12.1 Å². The number of benzene rings is 1. The summed E-state index contributed by atoms with van der Waals surface area (Å²) in [5, 5.41) is 6.20. The number of hydrogen-bond acceptors (Lipinski definition) is 5. The first-order chi connectivity index (χ1) is 8.20. The fraction of sp³-hybridized carbons (Fsp3) is 0.0909. The van der Waals surface area contributed by atoms with Gasteiger partial charge in [0.05, 0.1) is 18.9 Å².